The molecule has 1 atom stereocenters. The third-order valence-corrected chi connectivity index (χ3v) is 4.69. The maximum Gasteiger partial charge on any atom is 0.132 e. The van der Waals surface area contributed by atoms with Crippen molar-refractivity contribution in [3.05, 3.63) is 17.3 Å². The third kappa shape index (κ3) is 3.54. The Balaban J connectivity index is 1.74. The van der Waals surface area contributed by atoms with Gasteiger partial charge in [-0.3, -0.25) is 0 Å². The molecule has 0 radical (unpaired) electrons. The van der Waals surface area contributed by atoms with Crippen LogP contribution >= 0.6 is 23.4 Å². The zero-order valence-electron chi connectivity index (χ0n) is 10.7. The Kier molecular flexibility index (Phi) is 4.48. The molecular formula is C13H17ClN2O2S. The molecule has 0 aliphatic carbocycles. The molecular weight excluding hydrogens is 284 g/mol. The molecule has 3 heterocycles. The summed E-state index contributed by atoms with van der Waals surface area (Å²) in [5, 5.41) is 1.10. The van der Waals surface area contributed by atoms with Gasteiger partial charge in [0.25, 0.3) is 0 Å². The van der Waals surface area contributed by atoms with Crippen molar-refractivity contribution >= 4 is 29.2 Å². The lowest BCUT2D eigenvalue weighted by atomic mass is 10.3. The fourth-order valence-electron chi connectivity index (χ4n) is 2.28. The van der Waals surface area contributed by atoms with Crippen LogP contribution in [0.2, 0.25) is 5.15 Å². The third-order valence-electron chi connectivity index (χ3n) is 3.28. The molecule has 2 saturated heterocycles. The summed E-state index contributed by atoms with van der Waals surface area (Å²) in [4.78, 5) is 7.83. The normalized spacial score (nSPS) is 23.8. The molecule has 0 aromatic carbocycles. The van der Waals surface area contributed by atoms with Crippen LogP contribution in [0.15, 0.2) is 17.0 Å². The Morgan fingerprint density at radius 2 is 2.05 bits per heavy atom. The van der Waals surface area contributed by atoms with E-state index in [-0.39, 0.29) is 0 Å². The lowest BCUT2D eigenvalue weighted by molar-refractivity contribution is 0.122. The van der Waals surface area contributed by atoms with Crippen LogP contribution in [-0.2, 0) is 9.47 Å². The van der Waals surface area contributed by atoms with E-state index in [4.69, 9.17) is 21.1 Å². The van der Waals surface area contributed by atoms with Crippen molar-refractivity contribution in [2.75, 3.05) is 44.4 Å². The number of thioether (sulfide) groups is 1. The van der Waals surface area contributed by atoms with Crippen LogP contribution in [0.25, 0.3) is 0 Å². The monoisotopic (exact) mass is 300 g/mol. The van der Waals surface area contributed by atoms with Gasteiger partial charge in [-0.15, -0.1) is 11.8 Å². The number of halogens is 1. The van der Waals surface area contributed by atoms with Gasteiger partial charge >= 0.3 is 0 Å². The highest BCUT2D eigenvalue weighted by Crippen LogP contribution is 2.32. The standard InChI is InChI=1S/C13H17ClN2O2S/c14-12-7-11(19-10-1-4-18-9-10)8-13(15-12)16-2-5-17-6-3-16/h7-8,10H,1-6,9H2/t10-/m0/s1. The van der Waals surface area contributed by atoms with Gasteiger partial charge in [0.1, 0.15) is 11.0 Å². The van der Waals surface area contributed by atoms with E-state index in [1.807, 2.05) is 17.8 Å². The van der Waals surface area contributed by atoms with Crippen molar-refractivity contribution in [3.63, 3.8) is 0 Å². The first-order valence-electron chi connectivity index (χ1n) is 6.56. The van der Waals surface area contributed by atoms with Crippen molar-refractivity contribution in [2.45, 2.75) is 16.6 Å². The minimum Gasteiger partial charge on any atom is -0.380 e. The van der Waals surface area contributed by atoms with E-state index < -0.39 is 0 Å². The summed E-state index contributed by atoms with van der Waals surface area (Å²) in [6, 6.07) is 4.06. The van der Waals surface area contributed by atoms with Crippen LogP contribution in [0.5, 0.6) is 0 Å². The highest BCUT2D eigenvalue weighted by Gasteiger charge is 2.19. The van der Waals surface area contributed by atoms with Gasteiger partial charge < -0.3 is 14.4 Å². The van der Waals surface area contributed by atoms with Gasteiger partial charge in [-0.25, -0.2) is 4.98 Å². The fraction of sp³-hybridized carbons (Fsp3) is 0.615. The summed E-state index contributed by atoms with van der Waals surface area (Å²) >= 11 is 7.98. The minimum absolute atomic E-state index is 0.538. The van der Waals surface area contributed by atoms with Crippen LogP contribution in [-0.4, -0.2) is 49.8 Å². The molecule has 1 aromatic rings. The smallest absolute Gasteiger partial charge is 0.132 e. The Morgan fingerprint density at radius 1 is 1.21 bits per heavy atom. The number of anilines is 1. The number of aromatic nitrogens is 1. The number of hydrogen-bond donors (Lipinski definition) is 0. The van der Waals surface area contributed by atoms with E-state index in [1.54, 1.807) is 0 Å². The van der Waals surface area contributed by atoms with Crippen molar-refractivity contribution in [1.82, 2.24) is 4.98 Å². The average molecular weight is 301 g/mol. The SMILES string of the molecule is Clc1cc(S[C@H]2CCOC2)cc(N2CCOCC2)n1. The van der Waals surface area contributed by atoms with Crippen molar-refractivity contribution < 1.29 is 9.47 Å². The molecule has 104 valence electrons. The Hall–Kier alpha value is -0.490. The molecule has 0 amide bonds. The number of hydrogen-bond acceptors (Lipinski definition) is 5. The van der Waals surface area contributed by atoms with E-state index in [1.165, 1.54) is 4.90 Å². The first kappa shape index (κ1) is 13.5. The second kappa shape index (κ2) is 6.31. The number of pyridine rings is 1. The molecule has 0 spiro atoms. The predicted molar refractivity (Wildman–Crippen MR) is 77.4 cm³/mol. The van der Waals surface area contributed by atoms with Gasteiger partial charge in [0, 0.05) is 29.8 Å². The summed E-state index contributed by atoms with van der Waals surface area (Å²) in [5.41, 5.74) is 0. The molecule has 1 aromatic heterocycles. The summed E-state index contributed by atoms with van der Waals surface area (Å²) in [6.07, 6.45) is 1.11. The zero-order valence-corrected chi connectivity index (χ0v) is 12.3. The lowest BCUT2D eigenvalue weighted by Gasteiger charge is -2.28. The zero-order chi connectivity index (χ0) is 13.1. The van der Waals surface area contributed by atoms with Gasteiger partial charge in [0.05, 0.1) is 19.8 Å². The Bertz CT molecular complexity index is 435. The first-order chi connectivity index (χ1) is 9.31. The van der Waals surface area contributed by atoms with Gasteiger partial charge in [0.2, 0.25) is 0 Å². The maximum atomic E-state index is 6.14. The van der Waals surface area contributed by atoms with Gasteiger partial charge in [0.15, 0.2) is 0 Å². The van der Waals surface area contributed by atoms with Crippen molar-refractivity contribution in [2.24, 2.45) is 0 Å². The molecule has 2 aliphatic rings. The molecule has 0 bridgehead atoms. The second-order valence-electron chi connectivity index (χ2n) is 4.69. The van der Waals surface area contributed by atoms with Crippen LogP contribution in [0.3, 0.4) is 0 Å². The van der Waals surface area contributed by atoms with Crippen LogP contribution in [0.4, 0.5) is 5.82 Å². The second-order valence-corrected chi connectivity index (χ2v) is 6.45. The van der Waals surface area contributed by atoms with Gasteiger partial charge in [-0.2, -0.15) is 0 Å². The molecule has 2 aliphatic heterocycles. The maximum absolute atomic E-state index is 6.14. The van der Waals surface area contributed by atoms with E-state index >= 15 is 0 Å². The van der Waals surface area contributed by atoms with Crippen LogP contribution in [0, 0.1) is 0 Å². The largest absolute Gasteiger partial charge is 0.380 e. The minimum atomic E-state index is 0.538. The highest BCUT2D eigenvalue weighted by atomic mass is 35.5. The average Bonchev–Trinajstić information content (AvgIpc) is 2.92. The molecule has 0 saturated carbocycles. The molecule has 0 unspecified atom stereocenters. The lowest BCUT2D eigenvalue weighted by Crippen LogP contribution is -2.36. The molecule has 2 fully saturated rings. The summed E-state index contributed by atoms with van der Waals surface area (Å²) in [6.45, 7) is 4.97. The first-order valence-corrected chi connectivity index (χ1v) is 7.82. The van der Waals surface area contributed by atoms with Gasteiger partial charge in [-0.1, -0.05) is 11.6 Å². The predicted octanol–water partition coefficient (Wildman–Crippen LogP) is 2.45. The van der Waals surface area contributed by atoms with Crippen LogP contribution in [0.1, 0.15) is 6.42 Å². The van der Waals surface area contributed by atoms with E-state index in [9.17, 15) is 0 Å². The van der Waals surface area contributed by atoms with E-state index in [0.29, 0.717) is 10.4 Å². The topological polar surface area (TPSA) is 34.6 Å². The molecule has 0 N–H and O–H groups in total. The quantitative estimate of drug-likeness (QED) is 0.801. The summed E-state index contributed by atoms with van der Waals surface area (Å²) in [5.74, 6) is 0.956. The van der Waals surface area contributed by atoms with E-state index in [2.05, 4.69) is 16.0 Å². The Morgan fingerprint density at radius 3 is 2.79 bits per heavy atom. The molecule has 19 heavy (non-hydrogen) atoms. The number of nitrogens with zero attached hydrogens (tertiary/aromatic N) is 2. The number of morpholine rings is 1. The Labute approximate surface area is 122 Å². The highest BCUT2D eigenvalue weighted by molar-refractivity contribution is 8.00. The van der Waals surface area contributed by atoms with Gasteiger partial charge in [-0.05, 0) is 18.6 Å². The summed E-state index contributed by atoms with van der Waals surface area (Å²) in [7, 11) is 0. The number of rotatable bonds is 3. The van der Waals surface area contributed by atoms with E-state index in [0.717, 1.165) is 51.8 Å². The molecule has 3 rings (SSSR count). The van der Waals surface area contributed by atoms with Crippen LogP contribution < -0.4 is 4.90 Å². The summed E-state index contributed by atoms with van der Waals surface area (Å²) < 4.78 is 10.8. The van der Waals surface area contributed by atoms with Crippen molar-refractivity contribution in [3.8, 4) is 0 Å². The molecule has 4 nitrogen and oxygen atoms in total. The molecule has 6 heteroatoms. The number of ether oxygens (including phenoxy) is 2. The van der Waals surface area contributed by atoms with Crippen molar-refractivity contribution in [1.29, 1.82) is 0 Å². The fourth-order valence-corrected chi connectivity index (χ4v) is 3.67.